The number of aliphatic hydroxyl groups is 1. The number of benzene rings is 2. The van der Waals surface area contributed by atoms with Crippen molar-refractivity contribution in [3.63, 3.8) is 0 Å². The van der Waals surface area contributed by atoms with E-state index in [1.54, 1.807) is 0 Å². The van der Waals surface area contributed by atoms with Gasteiger partial charge in [0.2, 0.25) is 0 Å². The van der Waals surface area contributed by atoms with Crippen LogP contribution in [0.1, 0.15) is 48.9 Å². The van der Waals surface area contributed by atoms with Gasteiger partial charge in [-0.05, 0) is 66.5 Å². The van der Waals surface area contributed by atoms with Crippen LogP contribution in [0.4, 0.5) is 0 Å². The average molecular weight is 345 g/mol. The topological polar surface area (TPSA) is 37.3 Å². The summed E-state index contributed by atoms with van der Waals surface area (Å²) in [6.07, 6.45) is 1.74. The highest BCUT2D eigenvalue weighted by Crippen LogP contribution is 2.34. The Bertz CT molecular complexity index is 705. The van der Waals surface area contributed by atoms with Gasteiger partial charge in [-0.1, -0.05) is 44.2 Å². The molecule has 0 fully saturated rings. The molecular formula is C21H28O2S. The highest BCUT2D eigenvalue weighted by molar-refractivity contribution is 7.84. The predicted octanol–water partition coefficient (Wildman–Crippen LogP) is 4.66. The first kappa shape index (κ1) is 18.9. The van der Waals surface area contributed by atoms with Crippen LogP contribution in [-0.2, 0) is 22.0 Å². The Morgan fingerprint density at radius 3 is 2.33 bits per heavy atom. The van der Waals surface area contributed by atoms with Crippen molar-refractivity contribution in [3.8, 4) is 0 Å². The van der Waals surface area contributed by atoms with Gasteiger partial charge in [-0.2, -0.15) is 0 Å². The van der Waals surface area contributed by atoms with E-state index in [2.05, 4.69) is 39.8 Å². The Kier molecular flexibility index (Phi) is 6.36. The molecule has 0 spiro atoms. The quantitative estimate of drug-likeness (QED) is 0.793. The van der Waals surface area contributed by atoms with Crippen LogP contribution in [0, 0.1) is 13.8 Å². The van der Waals surface area contributed by atoms with E-state index in [-0.39, 0.29) is 12.0 Å². The Morgan fingerprint density at radius 2 is 1.71 bits per heavy atom. The number of aryl methyl sites for hydroxylation is 1. The lowest BCUT2D eigenvalue weighted by Gasteiger charge is -2.29. The van der Waals surface area contributed by atoms with E-state index in [0.717, 1.165) is 17.7 Å². The number of hydrogen-bond donors (Lipinski definition) is 1. The van der Waals surface area contributed by atoms with Crippen LogP contribution >= 0.6 is 0 Å². The van der Waals surface area contributed by atoms with Crippen molar-refractivity contribution >= 4 is 10.8 Å². The summed E-state index contributed by atoms with van der Waals surface area (Å²) in [5, 5.41) is 9.15. The first-order valence-corrected chi connectivity index (χ1v) is 9.82. The summed E-state index contributed by atoms with van der Waals surface area (Å²) in [6.45, 7) is 8.89. The molecule has 3 heteroatoms. The van der Waals surface area contributed by atoms with Gasteiger partial charge in [0.1, 0.15) is 0 Å². The van der Waals surface area contributed by atoms with E-state index in [0.29, 0.717) is 5.75 Å². The molecule has 0 heterocycles. The molecule has 2 aromatic rings. The fourth-order valence-electron chi connectivity index (χ4n) is 3.29. The molecule has 0 amide bonds. The number of rotatable bonds is 7. The zero-order valence-electron chi connectivity index (χ0n) is 15.1. The average Bonchev–Trinajstić information content (AvgIpc) is 2.57. The molecule has 0 aliphatic rings. The molecule has 1 unspecified atom stereocenters. The molecule has 24 heavy (non-hydrogen) atoms. The van der Waals surface area contributed by atoms with Gasteiger partial charge in [-0.3, -0.25) is 4.21 Å². The number of aliphatic hydroxyl groups excluding tert-OH is 1. The van der Waals surface area contributed by atoms with Crippen LogP contribution in [0.25, 0.3) is 0 Å². The normalized spacial score (nSPS) is 13.0. The van der Waals surface area contributed by atoms with Crippen LogP contribution in [-0.4, -0.2) is 15.9 Å². The Labute approximate surface area is 148 Å². The van der Waals surface area contributed by atoms with E-state index in [1.165, 1.54) is 22.3 Å². The van der Waals surface area contributed by atoms with E-state index in [1.807, 2.05) is 30.3 Å². The van der Waals surface area contributed by atoms with Crippen molar-refractivity contribution in [1.29, 1.82) is 0 Å². The van der Waals surface area contributed by atoms with Gasteiger partial charge in [0.15, 0.2) is 0 Å². The summed E-state index contributed by atoms with van der Waals surface area (Å²) in [6, 6.07) is 14.0. The minimum atomic E-state index is -1.04. The second kappa shape index (κ2) is 8.09. The zero-order valence-corrected chi connectivity index (χ0v) is 16.0. The van der Waals surface area contributed by atoms with Crippen molar-refractivity contribution in [2.45, 2.75) is 56.6 Å². The molecule has 1 atom stereocenters. The molecule has 2 rings (SSSR count). The summed E-state index contributed by atoms with van der Waals surface area (Å²) in [5.41, 5.74) is 4.91. The van der Waals surface area contributed by atoms with Gasteiger partial charge in [-0.25, -0.2) is 0 Å². The van der Waals surface area contributed by atoms with Crippen LogP contribution < -0.4 is 0 Å². The molecule has 1 N–H and O–H groups in total. The summed E-state index contributed by atoms with van der Waals surface area (Å²) in [7, 11) is -1.04. The molecule has 0 saturated carbocycles. The highest BCUT2D eigenvalue weighted by Gasteiger charge is 2.24. The van der Waals surface area contributed by atoms with Crippen LogP contribution in [0.2, 0.25) is 0 Å². The maximum Gasteiger partial charge on any atom is 0.0574 e. The third-order valence-electron chi connectivity index (χ3n) is 4.80. The van der Waals surface area contributed by atoms with Crippen molar-refractivity contribution < 1.29 is 9.32 Å². The van der Waals surface area contributed by atoms with Gasteiger partial charge in [-0.15, -0.1) is 0 Å². The van der Waals surface area contributed by atoms with Crippen LogP contribution in [0.5, 0.6) is 0 Å². The Morgan fingerprint density at radius 1 is 1.04 bits per heavy atom. The molecule has 0 saturated heterocycles. The van der Waals surface area contributed by atoms with Crippen molar-refractivity contribution in [2.75, 3.05) is 6.61 Å². The first-order chi connectivity index (χ1) is 11.4. The maximum atomic E-state index is 12.7. The lowest BCUT2D eigenvalue weighted by molar-refractivity contribution is 0.268. The number of hydrogen-bond acceptors (Lipinski definition) is 2. The molecular weight excluding hydrogens is 316 g/mol. The third kappa shape index (κ3) is 4.34. The molecule has 0 aromatic heterocycles. The predicted molar refractivity (Wildman–Crippen MR) is 102 cm³/mol. The lowest BCUT2D eigenvalue weighted by atomic mass is 9.77. The molecule has 0 bridgehead atoms. The molecule has 130 valence electrons. The summed E-state index contributed by atoms with van der Waals surface area (Å²) < 4.78 is 12.7. The second-order valence-electron chi connectivity index (χ2n) is 7.05. The molecule has 2 aromatic carbocycles. The molecule has 0 aliphatic carbocycles. The SMILES string of the molecule is Cc1ccc(C(C)(C)CCCO)c(C)c1CS(=O)c1ccccc1. The largest absolute Gasteiger partial charge is 0.396 e. The monoisotopic (exact) mass is 344 g/mol. The smallest absolute Gasteiger partial charge is 0.0574 e. The molecule has 0 aliphatic heterocycles. The summed E-state index contributed by atoms with van der Waals surface area (Å²) >= 11 is 0. The minimum absolute atomic E-state index is 0.00347. The first-order valence-electron chi connectivity index (χ1n) is 8.50. The Balaban J connectivity index is 2.34. The molecule has 0 radical (unpaired) electrons. The van der Waals surface area contributed by atoms with Crippen LogP contribution in [0.3, 0.4) is 0 Å². The highest BCUT2D eigenvalue weighted by atomic mass is 32.2. The van der Waals surface area contributed by atoms with Gasteiger partial charge in [0.05, 0.1) is 16.6 Å². The van der Waals surface area contributed by atoms with E-state index < -0.39 is 10.8 Å². The maximum absolute atomic E-state index is 12.7. The van der Waals surface area contributed by atoms with E-state index in [9.17, 15) is 4.21 Å². The van der Waals surface area contributed by atoms with Gasteiger partial charge >= 0.3 is 0 Å². The lowest BCUT2D eigenvalue weighted by Crippen LogP contribution is -2.20. The van der Waals surface area contributed by atoms with Gasteiger partial charge in [0, 0.05) is 11.5 Å². The standard InChI is InChI=1S/C21H28O2S/c1-16-11-12-20(21(3,4)13-8-14-22)17(2)19(16)15-24(23)18-9-6-5-7-10-18/h5-7,9-12,22H,8,13-15H2,1-4H3. The van der Waals surface area contributed by atoms with E-state index in [4.69, 9.17) is 5.11 Å². The summed E-state index contributed by atoms with van der Waals surface area (Å²) in [4.78, 5) is 0.876. The van der Waals surface area contributed by atoms with Gasteiger partial charge in [0.25, 0.3) is 0 Å². The fraction of sp³-hybridized carbons (Fsp3) is 0.429. The fourth-order valence-corrected chi connectivity index (χ4v) is 4.62. The zero-order chi connectivity index (χ0) is 17.7. The summed E-state index contributed by atoms with van der Waals surface area (Å²) in [5.74, 6) is 0.547. The van der Waals surface area contributed by atoms with Crippen molar-refractivity contribution in [1.82, 2.24) is 0 Å². The molecule has 2 nitrogen and oxygen atoms in total. The van der Waals surface area contributed by atoms with Crippen molar-refractivity contribution in [2.24, 2.45) is 0 Å². The van der Waals surface area contributed by atoms with Crippen LogP contribution in [0.15, 0.2) is 47.4 Å². The van der Waals surface area contributed by atoms with Crippen molar-refractivity contribution in [3.05, 3.63) is 64.7 Å². The second-order valence-corrected chi connectivity index (χ2v) is 8.50. The van der Waals surface area contributed by atoms with E-state index >= 15 is 0 Å². The minimum Gasteiger partial charge on any atom is -0.396 e. The third-order valence-corrected chi connectivity index (χ3v) is 6.15. The van der Waals surface area contributed by atoms with Gasteiger partial charge < -0.3 is 5.11 Å². The Hall–Kier alpha value is -1.45.